The Kier molecular flexibility index (Phi) is 6.66. The first-order valence-electron chi connectivity index (χ1n) is 9.20. The van der Waals surface area contributed by atoms with E-state index in [9.17, 15) is 17.9 Å². The number of piperazine rings is 1. The van der Waals surface area contributed by atoms with Crippen LogP contribution >= 0.6 is 0 Å². The number of ether oxygens (including phenoxy) is 1. The summed E-state index contributed by atoms with van der Waals surface area (Å²) in [5.41, 5.74) is 1.01. The predicted octanol–water partition coefficient (Wildman–Crippen LogP) is 1.88. The Hall–Kier alpha value is -2.00. The molecule has 1 saturated heterocycles. The fraction of sp³-hybridized carbons (Fsp3) is 0.400. The Morgan fingerprint density at radius 2 is 1.64 bits per heavy atom. The molecule has 1 atom stereocenters. The van der Waals surface area contributed by atoms with Crippen molar-refractivity contribution in [2.45, 2.75) is 17.9 Å². The van der Waals surface area contributed by atoms with E-state index in [0.29, 0.717) is 43.4 Å². The third-order valence-corrected chi connectivity index (χ3v) is 6.63. The molecule has 0 saturated carbocycles. The van der Waals surface area contributed by atoms with Gasteiger partial charge in [0, 0.05) is 32.7 Å². The summed E-state index contributed by atoms with van der Waals surface area (Å²) in [4.78, 5) is 2.32. The number of aryl methyl sites for hydroxylation is 1. The molecule has 2 aromatic rings. The Balaban J connectivity index is 1.46. The number of sulfonamides is 1. The van der Waals surface area contributed by atoms with Crippen molar-refractivity contribution >= 4 is 10.0 Å². The first-order valence-corrected chi connectivity index (χ1v) is 10.6. The van der Waals surface area contributed by atoms with E-state index in [0.717, 1.165) is 5.56 Å². The van der Waals surface area contributed by atoms with E-state index in [1.165, 1.54) is 28.6 Å². The van der Waals surface area contributed by atoms with Crippen molar-refractivity contribution in [2.75, 3.05) is 39.3 Å². The van der Waals surface area contributed by atoms with Gasteiger partial charge in [-0.3, -0.25) is 4.90 Å². The molecule has 2 aromatic carbocycles. The van der Waals surface area contributed by atoms with Gasteiger partial charge in [0.2, 0.25) is 10.0 Å². The highest BCUT2D eigenvalue weighted by Gasteiger charge is 2.29. The van der Waals surface area contributed by atoms with Crippen molar-refractivity contribution in [3.8, 4) is 5.75 Å². The molecule has 1 heterocycles. The van der Waals surface area contributed by atoms with E-state index in [1.807, 2.05) is 11.8 Å². The third-order valence-electron chi connectivity index (χ3n) is 4.71. The maximum absolute atomic E-state index is 12.9. The summed E-state index contributed by atoms with van der Waals surface area (Å²) >= 11 is 0. The molecule has 0 aliphatic carbocycles. The molecule has 1 fully saturated rings. The average molecular weight is 408 g/mol. The van der Waals surface area contributed by atoms with Crippen LogP contribution in [-0.4, -0.2) is 68.2 Å². The smallest absolute Gasteiger partial charge is 0.243 e. The zero-order chi connectivity index (χ0) is 20.1. The molecular weight excluding hydrogens is 383 g/mol. The molecule has 1 N–H and O–H groups in total. The summed E-state index contributed by atoms with van der Waals surface area (Å²) in [6.07, 6.45) is -0.717. The van der Waals surface area contributed by atoms with Crippen LogP contribution in [0.3, 0.4) is 0 Å². The van der Waals surface area contributed by atoms with Gasteiger partial charge in [-0.05, 0) is 43.3 Å². The molecule has 3 rings (SSSR count). The van der Waals surface area contributed by atoms with Crippen molar-refractivity contribution in [3.63, 3.8) is 0 Å². The standard InChI is InChI=1S/C20H25FN2O4S/c1-16-2-8-20(9-3-16)28(25,26)23-12-10-22(11-13-23)14-18(24)15-27-19-6-4-17(21)5-7-19/h2-9,18,24H,10-15H2,1H3. The number of hydrogen-bond acceptors (Lipinski definition) is 5. The highest BCUT2D eigenvalue weighted by atomic mass is 32.2. The van der Waals surface area contributed by atoms with E-state index in [1.54, 1.807) is 24.3 Å². The van der Waals surface area contributed by atoms with Crippen LogP contribution in [0.1, 0.15) is 5.56 Å². The van der Waals surface area contributed by atoms with Gasteiger partial charge < -0.3 is 9.84 Å². The van der Waals surface area contributed by atoms with Crippen LogP contribution in [0.4, 0.5) is 4.39 Å². The Labute approximate surface area is 165 Å². The second-order valence-corrected chi connectivity index (χ2v) is 8.87. The van der Waals surface area contributed by atoms with E-state index in [-0.39, 0.29) is 12.4 Å². The number of aliphatic hydroxyl groups is 1. The summed E-state index contributed by atoms with van der Waals surface area (Å²) < 4.78 is 45.3. The first kappa shape index (κ1) is 20.7. The largest absolute Gasteiger partial charge is 0.491 e. The normalized spacial score (nSPS) is 17.4. The molecule has 1 unspecified atom stereocenters. The number of halogens is 1. The van der Waals surface area contributed by atoms with Crippen LogP contribution in [0.5, 0.6) is 5.75 Å². The molecule has 1 aliphatic rings. The van der Waals surface area contributed by atoms with Crippen molar-refractivity contribution in [1.82, 2.24) is 9.21 Å². The molecule has 1 aliphatic heterocycles. The maximum Gasteiger partial charge on any atom is 0.243 e. The number of rotatable bonds is 7. The minimum absolute atomic E-state index is 0.0908. The van der Waals surface area contributed by atoms with Crippen molar-refractivity contribution in [1.29, 1.82) is 0 Å². The minimum Gasteiger partial charge on any atom is -0.491 e. The quantitative estimate of drug-likeness (QED) is 0.758. The SMILES string of the molecule is Cc1ccc(S(=O)(=O)N2CCN(CC(O)COc3ccc(F)cc3)CC2)cc1. The van der Waals surface area contributed by atoms with Gasteiger partial charge >= 0.3 is 0 Å². The zero-order valence-corrected chi connectivity index (χ0v) is 16.6. The predicted molar refractivity (Wildman–Crippen MR) is 104 cm³/mol. The monoisotopic (exact) mass is 408 g/mol. The minimum atomic E-state index is -3.49. The molecule has 0 amide bonds. The number of benzene rings is 2. The molecule has 0 bridgehead atoms. The molecular formula is C20H25FN2O4S. The fourth-order valence-electron chi connectivity index (χ4n) is 3.09. The van der Waals surface area contributed by atoms with Gasteiger partial charge in [-0.25, -0.2) is 12.8 Å². The van der Waals surface area contributed by atoms with Crippen molar-refractivity contribution < 1.29 is 22.7 Å². The maximum atomic E-state index is 12.9. The number of nitrogens with zero attached hydrogens (tertiary/aromatic N) is 2. The second kappa shape index (κ2) is 9.00. The van der Waals surface area contributed by atoms with Gasteiger partial charge in [-0.1, -0.05) is 17.7 Å². The van der Waals surface area contributed by atoms with Gasteiger partial charge in [0.25, 0.3) is 0 Å². The van der Waals surface area contributed by atoms with Crippen LogP contribution in [-0.2, 0) is 10.0 Å². The molecule has 0 spiro atoms. The summed E-state index contributed by atoms with van der Waals surface area (Å²) in [6.45, 7) is 4.23. The first-order chi connectivity index (χ1) is 13.3. The van der Waals surface area contributed by atoms with Gasteiger partial charge in [0.05, 0.1) is 4.90 Å². The number of aliphatic hydroxyl groups excluding tert-OH is 1. The van der Waals surface area contributed by atoms with Crippen LogP contribution in [0, 0.1) is 12.7 Å². The lowest BCUT2D eigenvalue weighted by Crippen LogP contribution is -2.50. The highest BCUT2D eigenvalue weighted by molar-refractivity contribution is 7.89. The third kappa shape index (κ3) is 5.29. The van der Waals surface area contributed by atoms with Gasteiger partial charge in [0.1, 0.15) is 24.3 Å². The second-order valence-electron chi connectivity index (χ2n) is 6.94. The van der Waals surface area contributed by atoms with E-state index < -0.39 is 16.1 Å². The summed E-state index contributed by atoms with van der Waals surface area (Å²) in [6, 6.07) is 12.5. The summed E-state index contributed by atoms with van der Waals surface area (Å²) in [5.74, 6) is 0.154. The van der Waals surface area contributed by atoms with Crippen LogP contribution in [0.25, 0.3) is 0 Å². The molecule has 8 heteroatoms. The fourth-order valence-corrected chi connectivity index (χ4v) is 4.51. The Bertz CT molecular complexity index is 864. The lowest BCUT2D eigenvalue weighted by Gasteiger charge is -2.34. The van der Waals surface area contributed by atoms with Gasteiger partial charge in [-0.15, -0.1) is 0 Å². The highest BCUT2D eigenvalue weighted by Crippen LogP contribution is 2.18. The summed E-state index contributed by atoms with van der Waals surface area (Å²) in [7, 11) is -3.49. The molecule has 28 heavy (non-hydrogen) atoms. The summed E-state index contributed by atoms with van der Waals surface area (Å²) in [5, 5.41) is 10.2. The van der Waals surface area contributed by atoms with Crippen LogP contribution < -0.4 is 4.74 Å². The van der Waals surface area contributed by atoms with E-state index >= 15 is 0 Å². The number of β-amino-alcohol motifs (C(OH)–C–C–N with tert-alkyl or cyclic N) is 1. The van der Waals surface area contributed by atoms with Crippen molar-refractivity contribution in [3.05, 3.63) is 59.9 Å². The topological polar surface area (TPSA) is 70.1 Å². The Morgan fingerprint density at radius 1 is 1.04 bits per heavy atom. The Morgan fingerprint density at radius 3 is 2.25 bits per heavy atom. The van der Waals surface area contributed by atoms with Gasteiger partial charge in [-0.2, -0.15) is 4.31 Å². The van der Waals surface area contributed by atoms with Crippen molar-refractivity contribution in [2.24, 2.45) is 0 Å². The molecule has 6 nitrogen and oxygen atoms in total. The lowest BCUT2D eigenvalue weighted by atomic mass is 10.2. The zero-order valence-electron chi connectivity index (χ0n) is 15.8. The van der Waals surface area contributed by atoms with Crippen LogP contribution in [0.15, 0.2) is 53.4 Å². The average Bonchev–Trinajstić information content (AvgIpc) is 2.68. The van der Waals surface area contributed by atoms with Gasteiger partial charge in [0.15, 0.2) is 0 Å². The molecule has 0 aromatic heterocycles. The van der Waals surface area contributed by atoms with E-state index in [4.69, 9.17) is 4.74 Å². The molecule has 152 valence electrons. The lowest BCUT2D eigenvalue weighted by molar-refractivity contribution is 0.0569. The number of hydrogen-bond donors (Lipinski definition) is 1. The molecule has 0 radical (unpaired) electrons. The van der Waals surface area contributed by atoms with E-state index in [2.05, 4.69) is 0 Å². The van der Waals surface area contributed by atoms with Crippen LogP contribution in [0.2, 0.25) is 0 Å².